The molecule has 0 spiro atoms. The van der Waals surface area contributed by atoms with Gasteiger partial charge in [0.2, 0.25) is 0 Å². The van der Waals surface area contributed by atoms with Gasteiger partial charge in [-0.25, -0.2) is 4.98 Å². The summed E-state index contributed by atoms with van der Waals surface area (Å²) in [6.07, 6.45) is 4.39. The second kappa shape index (κ2) is 3.97. The molecule has 0 aliphatic heterocycles. The molecular weight excluding hydrogens is 232 g/mol. The van der Waals surface area contributed by atoms with Crippen LogP contribution in [-0.4, -0.2) is 23.5 Å². The summed E-state index contributed by atoms with van der Waals surface area (Å²) in [6, 6.07) is 0. The van der Waals surface area contributed by atoms with E-state index in [9.17, 15) is 8.42 Å². The highest BCUT2D eigenvalue weighted by molar-refractivity contribution is 7.92. The molecule has 16 heavy (non-hydrogen) atoms. The quantitative estimate of drug-likeness (QED) is 0.824. The van der Waals surface area contributed by atoms with Crippen molar-refractivity contribution in [2.45, 2.75) is 18.4 Å². The zero-order valence-corrected chi connectivity index (χ0v) is 9.28. The van der Waals surface area contributed by atoms with E-state index < -0.39 is 10.0 Å². The van der Waals surface area contributed by atoms with Crippen molar-refractivity contribution in [2.24, 2.45) is 0 Å². The Morgan fingerprint density at radius 2 is 2.31 bits per heavy atom. The van der Waals surface area contributed by atoms with Crippen LogP contribution in [0.4, 0.5) is 5.69 Å². The Bertz CT molecular complexity index is 558. The van der Waals surface area contributed by atoms with Crippen molar-refractivity contribution < 1.29 is 12.9 Å². The number of sulfonamides is 1. The molecular formula is C8H10N4O3S. The van der Waals surface area contributed by atoms with Gasteiger partial charge in [0.1, 0.15) is 17.8 Å². The van der Waals surface area contributed by atoms with Gasteiger partial charge in [-0.2, -0.15) is 8.42 Å². The standard InChI is InChI=1S/C8H10N4O3S/c1-2-7-9-4-8(11-7)16(13,14)12-6-3-10-15-5-6/h3-5,12H,2H2,1H3,(H,9,11). The lowest BCUT2D eigenvalue weighted by Crippen LogP contribution is -2.12. The Morgan fingerprint density at radius 3 is 2.88 bits per heavy atom. The topological polar surface area (TPSA) is 101 Å². The van der Waals surface area contributed by atoms with Gasteiger partial charge in [0.25, 0.3) is 10.0 Å². The molecule has 0 atom stereocenters. The second-order valence-electron chi connectivity index (χ2n) is 3.07. The van der Waals surface area contributed by atoms with Crippen LogP contribution in [0.1, 0.15) is 12.7 Å². The normalized spacial score (nSPS) is 11.6. The molecule has 0 fully saturated rings. The zero-order chi connectivity index (χ0) is 11.6. The molecule has 2 rings (SSSR count). The van der Waals surface area contributed by atoms with Crippen molar-refractivity contribution in [3.8, 4) is 0 Å². The second-order valence-corrected chi connectivity index (χ2v) is 4.72. The molecule has 2 heterocycles. The van der Waals surface area contributed by atoms with E-state index in [2.05, 4.69) is 24.4 Å². The molecule has 8 heteroatoms. The largest absolute Gasteiger partial charge is 0.362 e. The number of rotatable bonds is 4. The molecule has 2 N–H and O–H groups in total. The first-order chi connectivity index (χ1) is 7.62. The summed E-state index contributed by atoms with van der Waals surface area (Å²) in [6.45, 7) is 1.88. The van der Waals surface area contributed by atoms with Crippen LogP contribution in [0.3, 0.4) is 0 Å². The van der Waals surface area contributed by atoms with Gasteiger partial charge in [0.15, 0.2) is 5.03 Å². The van der Waals surface area contributed by atoms with Gasteiger partial charge in [0.05, 0.1) is 12.4 Å². The number of hydrogen-bond donors (Lipinski definition) is 2. The molecule has 0 aromatic carbocycles. The van der Waals surface area contributed by atoms with Crippen LogP contribution in [-0.2, 0) is 16.4 Å². The van der Waals surface area contributed by atoms with Gasteiger partial charge in [-0.05, 0) is 0 Å². The van der Waals surface area contributed by atoms with Gasteiger partial charge < -0.3 is 9.51 Å². The first-order valence-corrected chi connectivity index (χ1v) is 6.06. The summed E-state index contributed by atoms with van der Waals surface area (Å²) in [7, 11) is -3.64. The van der Waals surface area contributed by atoms with E-state index in [1.54, 1.807) is 0 Å². The Kier molecular flexibility index (Phi) is 2.65. The van der Waals surface area contributed by atoms with E-state index in [0.717, 1.165) is 0 Å². The number of anilines is 1. The third kappa shape index (κ3) is 2.06. The highest BCUT2D eigenvalue weighted by Crippen LogP contribution is 2.13. The van der Waals surface area contributed by atoms with Crippen molar-refractivity contribution in [1.82, 2.24) is 15.1 Å². The van der Waals surface area contributed by atoms with Crippen LogP contribution < -0.4 is 4.72 Å². The molecule has 0 aliphatic carbocycles. The van der Waals surface area contributed by atoms with Crippen LogP contribution in [0.15, 0.2) is 28.2 Å². The Labute approximate surface area is 91.9 Å². The lowest BCUT2D eigenvalue weighted by Gasteiger charge is -2.01. The molecule has 0 amide bonds. The van der Waals surface area contributed by atoms with E-state index >= 15 is 0 Å². The number of aryl methyl sites for hydroxylation is 1. The van der Waals surface area contributed by atoms with Crippen molar-refractivity contribution in [1.29, 1.82) is 0 Å². The van der Waals surface area contributed by atoms with Crippen LogP contribution >= 0.6 is 0 Å². The van der Waals surface area contributed by atoms with Crippen LogP contribution in [0.25, 0.3) is 0 Å². The Balaban J connectivity index is 2.25. The third-order valence-corrected chi connectivity index (χ3v) is 3.21. The first-order valence-electron chi connectivity index (χ1n) is 4.58. The third-order valence-electron chi connectivity index (χ3n) is 1.91. The smallest absolute Gasteiger partial charge is 0.279 e. The van der Waals surface area contributed by atoms with Gasteiger partial charge in [0, 0.05) is 6.42 Å². The molecule has 86 valence electrons. The van der Waals surface area contributed by atoms with E-state index in [1.807, 2.05) is 6.92 Å². The number of H-pyrrole nitrogens is 1. The predicted octanol–water partition coefficient (Wildman–Crippen LogP) is 0.761. The number of imidazole rings is 1. The predicted molar refractivity (Wildman–Crippen MR) is 55.3 cm³/mol. The summed E-state index contributed by atoms with van der Waals surface area (Å²) in [4.78, 5) is 6.62. The summed E-state index contributed by atoms with van der Waals surface area (Å²) in [5.74, 6) is 0.616. The average Bonchev–Trinajstić information content (AvgIpc) is 2.85. The molecule has 2 aromatic rings. The van der Waals surface area contributed by atoms with Crippen molar-refractivity contribution in [2.75, 3.05) is 4.72 Å². The summed E-state index contributed by atoms with van der Waals surface area (Å²) >= 11 is 0. The van der Waals surface area contributed by atoms with Gasteiger partial charge in [-0.3, -0.25) is 4.72 Å². The van der Waals surface area contributed by atoms with E-state index in [4.69, 9.17) is 0 Å². The molecule has 7 nitrogen and oxygen atoms in total. The molecule has 0 saturated heterocycles. The van der Waals surface area contributed by atoms with Crippen molar-refractivity contribution >= 4 is 15.7 Å². The molecule has 0 bridgehead atoms. The highest BCUT2D eigenvalue weighted by Gasteiger charge is 2.17. The van der Waals surface area contributed by atoms with Gasteiger partial charge in [-0.1, -0.05) is 12.1 Å². The molecule has 0 radical (unpaired) electrons. The summed E-state index contributed by atoms with van der Waals surface area (Å²) in [5.41, 5.74) is 0.271. The minimum Gasteiger partial charge on any atom is -0.362 e. The summed E-state index contributed by atoms with van der Waals surface area (Å²) < 4.78 is 30.4. The fourth-order valence-electron chi connectivity index (χ4n) is 1.12. The fourth-order valence-corrected chi connectivity index (χ4v) is 2.09. The maximum Gasteiger partial charge on any atom is 0.279 e. The van der Waals surface area contributed by atoms with E-state index in [1.165, 1.54) is 18.7 Å². The van der Waals surface area contributed by atoms with E-state index in [-0.39, 0.29) is 10.7 Å². The van der Waals surface area contributed by atoms with Crippen molar-refractivity contribution in [3.63, 3.8) is 0 Å². The fraction of sp³-hybridized carbons (Fsp3) is 0.250. The van der Waals surface area contributed by atoms with Crippen LogP contribution in [0.2, 0.25) is 0 Å². The van der Waals surface area contributed by atoms with Gasteiger partial charge in [-0.15, -0.1) is 0 Å². The van der Waals surface area contributed by atoms with Gasteiger partial charge >= 0.3 is 0 Å². The number of nitrogens with zero attached hydrogens (tertiary/aromatic N) is 2. The first kappa shape index (κ1) is 10.7. The number of nitrogens with one attached hydrogen (secondary N) is 2. The van der Waals surface area contributed by atoms with Crippen LogP contribution in [0, 0.1) is 0 Å². The Hall–Kier alpha value is -1.83. The molecule has 0 saturated carbocycles. The maximum absolute atomic E-state index is 11.8. The SMILES string of the molecule is CCc1ncc(S(=O)(=O)Nc2cnoc2)[nH]1. The molecule has 0 aliphatic rings. The minimum atomic E-state index is -3.64. The number of aromatic nitrogens is 3. The average molecular weight is 242 g/mol. The monoisotopic (exact) mass is 242 g/mol. The maximum atomic E-state index is 11.8. The van der Waals surface area contributed by atoms with E-state index in [0.29, 0.717) is 12.2 Å². The highest BCUT2D eigenvalue weighted by atomic mass is 32.2. The molecule has 0 unspecified atom stereocenters. The number of hydrogen-bond acceptors (Lipinski definition) is 5. The van der Waals surface area contributed by atoms with Crippen molar-refractivity contribution in [3.05, 3.63) is 24.5 Å². The Morgan fingerprint density at radius 1 is 1.50 bits per heavy atom. The lowest BCUT2D eigenvalue weighted by molar-refractivity contribution is 0.420. The molecule has 2 aromatic heterocycles. The minimum absolute atomic E-state index is 0.0190. The lowest BCUT2D eigenvalue weighted by atomic mass is 10.5. The van der Waals surface area contributed by atoms with Crippen LogP contribution in [0.5, 0.6) is 0 Å². The number of aromatic amines is 1. The zero-order valence-electron chi connectivity index (χ0n) is 8.47. The summed E-state index contributed by atoms with van der Waals surface area (Å²) in [5, 5.41) is 3.41.